The average Bonchev–Trinajstić information content (AvgIpc) is 3.42. The predicted molar refractivity (Wildman–Crippen MR) is 129 cm³/mol. The summed E-state index contributed by atoms with van der Waals surface area (Å²) in [5, 5.41) is 20.3. The summed E-state index contributed by atoms with van der Waals surface area (Å²) >= 11 is 0. The third-order valence-corrected chi connectivity index (χ3v) is 6.84. The molecular weight excluding hydrogens is 509 g/mol. The molecule has 0 spiro atoms. The first-order chi connectivity index (χ1) is 17.7. The molecular formula is C24H28F5N9. The Balaban J connectivity index is 1.42. The first-order valence-corrected chi connectivity index (χ1v) is 12.2. The van der Waals surface area contributed by atoms with E-state index < -0.39 is 29.6 Å². The molecule has 5 rings (SSSR count). The van der Waals surface area contributed by atoms with Crippen molar-refractivity contribution in [3.8, 4) is 5.69 Å². The number of tetrazole rings is 1. The van der Waals surface area contributed by atoms with Crippen LogP contribution in [0.4, 0.5) is 39.4 Å². The van der Waals surface area contributed by atoms with Crippen LogP contribution in [0.2, 0.25) is 0 Å². The number of aromatic nitrogens is 6. The Bertz CT molecular complexity index is 1310. The molecule has 2 aromatic heterocycles. The smallest absolute Gasteiger partial charge is 0.365 e. The van der Waals surface area contributed by atoms with Crippen LogP contribution in [0, 0.1) is 17.6 Å². The monoisotopic (exact) mass is 537 g/mol. The van der Waals surface area contributed by atoms with Crippen molar-refractivity contribution < 1.29 is 22.0 Å². The average molecular weight is 538 g/mol. The van der Waals surface area contributed by atoms with Crippen molar-refractivity contribution in [3.05, 3.63) is 41.9 Å². The lowest BCUT2D eigenvalue weighted by Gasteiger charge is -2.46. The van der Waals surface area contributed by atoms with Gasteiger partial charge in [0.15, 0.2) is 11.6 Å². The number of nitrogens with one attached hydrogen (secondary N) is 3. The maximum atomic E-state index is 15.1. The van der Waals surface area contributed by atoms with Crippen LogP contribution in [-0.4, -0.2) is 53.5 Å². The number of hydrogen-bond acceptors (Lipinski definition) is 8. The molecule has 2 fully saturated rings. The molecule has 3 N–H and O–H groups in total. The number of anilines is 3. The molecule has 1 saturated heterocycles. The zero-order valence-corrected chi connectivity index (χ0v) is 21.2. The molecule has 2 aliphatic rings. The fourth-order valence-corrected chi connectivity index (χ4v) is 5.61. The van der Waals surface area contributed by atoms with E-state index in [1.165, 1.54) is 17.1 Å². The largest absolute Gasteiger partial charge is 0.392 e. The minimum Gasteiger partial charge on any atom is -0.365 e. The summed E-state index contributed by atoms with van der Waals surface area (Å²) in [7, 11) is 0. The van der Waals surface area contributed by atoms with Gasteiger partial charge < -0.3 is 16.0 Å². The van der Waals surface area contributed by atoms with Gasteiger partial charge in [-0.1, -0.05) is 0 Å². The highest BCUT2D eigenvalue weighted by Crippen LogP contribution is 2.57. The van der Waals surface area contributed by atoms with Gasteiger partial charge in [0.05, 0.1) is 23.5 Å². The standard InChI is InChI=1S/C24H28F5N9/c1-22(2)8-12(9-23(3,4)35-22)32-20-17(26)10-30-21(34-20)33-18-7-19(38-11-31-36-37-38)14(6-16(18)25)13-5-15(13)24(27,28)29/h6-7,10-13,15,35H,5,8-9H2,1-4H3,(H2,30,32,33,34). The van der Waals surface area contributed by atoms with Gasteiger partial charge in [-0.3, -0.25) is 0 Å². The van der Waals surface area contributed by atoms with Crippen molar-refractivity contribution in [1.29, 1.82) is 0 Å². The first kappa shape index (κ1) is 26.2. The van der Waals surface area contributed by atoms with Crippen LogP contribution in [0.25, 0.3) is 5.69 Å². The second-order valence-electron chi connectivity index (χ2n) is 11.3. The molecule has 1 aromatic carbocycles. The second-order valence-corrected chi connectivity index (χ2v) is 11.3. The number of nitrogens with zero attached hydrogens (tertiary/aromatic N) is 6. The second kappa shape index (κ2) is 9.10. The summed E-state index contributed by atoms with van der Waals surface area (Å²) in [5.41, 5.74) is -0.163. The highest BCUT2D eigenvalue weighted by atomic mass is 19.4. The molecule has 0 radical (unpaired) electrons. The quantitative estimate of drug-likeness (QED) is 0.383. The molecule has 14 heteroatoms. The van der Waals surface area contributed by atoms with Crippen molar-refractivity contribution in [2.45, 2.75) is 76.2 Å². The number of alkyl halides is 3. The van der Waals surface area contributed by atoms with Crippen LogP contribution < -0.4 is 16.0 Å². The molecule has 3 aromatic rings. The summed E-state index contributed by atoms with van der Waals surface area (Å²) < 4.78 is 70.6. The van der Waals surface area contributed by atoms with E-state index in [0.717, 1.165) is 12.3 Å². The SMILES string of the molecule is CC1(C)CC(Nc2nc(Nc3cc(-n4cnnn4)c(C4CC4C(F)(F)F)cc3F)ncc2F)CC(C)(C)N1. The van der Waals surface area contributed by atoms with Gasteiger partial charge in [0, 0.05) is 17.1 Å². The minimum absolute atomic E-state index is 0.0373. The Hall–Kier alpha value is -3.42. The Kier molecular flexibility index (Phi) is 6.27. The lowest BCUT2D eigenvalue weighted by molar-refractivity contribution is -0.148. The van der Waals surface area contributed by atoms with Gasteiger partial charge in [0.2, 0.25) is 5.95 Å². The summed E-state index contributed by atoms with van der Waals surface area (Å²) in [6, 6.07) is 2.25. The third kappa shape index (κ3) is 5.54. The van der Waals surface area contributed by atoms with E-state index in [0.29, 0.717) is 12.8 Å². The van der Waals surface area contributed by atoms with Crippen LogP contribution in [-0.2, 0) is 0 Å². The van der Waals surface area contributed by atoms with Crippen molar-refractivity contribution in [1.82, 2.24) is 35.5 Å². The van der Waals surface area contributed by atoms with E-state index >= 15 is 4.39 Å². The Morgan fingerprint density at radius 2 is 1.76 bits per heavy atom. The van der Waals surface area contributed by atoms with E-state index in [2.05, 4.69) is 69.1 Å². The molecule has 0 bridgehead atoms. The summed E-state index contributed by atoms with van der Waals surface area (Å²) in [4.78, 5) is 8.13. The van der Waals surface area contributed by atoms with Crippen LogP contribution in [0.15, 0.2) is 24.7 Å². The number of piperidine rings is 1. The lowest BCUT2D eigenvalue weighted by Crippen LogP contribution is -2.60. The number of hydrogen-bond donors (Lipinski definition) is 3. The molecule has 0 amide bonds. The van der Waals surface area contributed by atoms with Gasteiger partial charge in [-0.2, -0.15) is 18.2 Å². The summed E-state index contributed by atoms with van der Waals surface area (Å²) in [5.74, 6) is -4.07. The van der Waals surface area contributed by atoms with Crippen LogP contribution >= 0.6 is 0 Å². The Morgan fingerprint density at radius 3 is 2.37 bits per heavy atom. The third-order valence-electron chi connectivity index (χ3n) is 6.84. The van der Waals surface area contributed by atoms with Crippen molar-refractivity contribution in [2.75, 3.05) is 10.6 Å². The van der Waals surface area contributed by atoms with Crippen LogP contribution in [0.3, 0.4) is 0 Å². The van der Waals surface area contributed by atoms with Crippen LogP contribution in [0.1, 0.15) is 58.4 Å². The Labute approximate surface area is 215 Å². The van der Waals surface area contributed by atoms with Gasteiger partial charge in [-0.05, 0) is 81.0 Å². The van der Waals surface area contributed by atoms with Gasteiger partial charge in [-0.25, -0.2) is 18.4 Å². The zero-order valence-electron chi connectivity index (χ0n) is 21.2. The predicted octanol–water partition coefficient (Wildman–Crippen LogP) is 4.86. The maximum Gasteiger partial charge on any atom is 0.392 e. The van der Waals surface area contributed by atoms with Gasteiger partial charge in [-0.15, -0.1) is 5.10 Å². The fraction of sp³-hybridized carbons (Fsp3) is 0.542. The van der Waals surface area contributed by atoms with E-state index in [1.54, 1.807) is 0 Å². The van der Waals surface area contributed by atoms with E-state index in [9.17, 15) is 17.6 Å². The molecule has 38 heavy (non-hydrogen) atoms. The first-order valence-electron chi connectivity index (χ1n) is 12.2. The van der Waals surface area contributed by atoms with Crippen molar-refractivity contribution >= 4 is 17.5 Å². The van der Waals surface area contributed by atoms with Gasteiger partial charge in [0.1, 0.15) is 12.1 Å². The molecule has 2 atom stereocenters. The van der Waals surface area contributed by atoms with Crippen molar-refractivity contribution in [2.24, 2.45) is 5.92 Å². The van der Waals surface area contributed by atoms with E-state index in [4.69, 9.17) is 0 Å². The number of rotatable bonds is 6. The van der Waals surface area contributed by atoms with Crippen molar-refractivity contribution in [3.63, 3.8) is 0 Å². The highest BCUT2D eigenvalue weighted by molar-refractivity contribution is 5.63. The normalized spacial score (nSPS) is 22.8. The molecule has 1 saturated carbocycles. The summed E-state index contributed by atoms with van der Waals surface area (Å²) in [6.45, 7) is 8.27. The van der Waals surface area contributed by atoms with E-state index in [-0.39, 0.29) is 52.2 Å². The lowest BCUT2D eigenvalue weighted by atomic mass is 9.79. The van der Waals surface area contributed by atoms with E-state index in [1.807, 2.05) is 0 Å². The maximum absolute atomic E-state index is 15.1. The number of benzene rings is 1. The fourth-order valence-electron chi connectivity index (χ4n) is 5.61. The topological polar surface area (TPSA) is 105 Å². The molecule has 1 aliphatic carbocycles. The molecule has 204 valence electrons. The number of halogens is 5. The van der Waals surface area contributed by atoms with Crippen LogP contribution in [0.5, 0.6) is 0 Å². The van der Waals surface area contributed by atoms with Gasteiger partial charge >= 0.3 is 6.18 Å². The molecule has 3 heterocycles. The molecule has 9 nitrogen and oxygen atoms in total. The van der Waals surface area contributed by atoms with Gasteiger partial charge in [0.25, 0.3) is 0 Å². The zero-order chi connectivity index (χ0) is 27.5. The minimum atomic E-state index is -4.39. The summed E-state index contributed by atoms with van der Waals surface area (Å²) in [6.07, 6.45) is -0.917. The highest BCUT2D eigenvalue weighted by Gasteiger charge is 2.57. The molecule has 1 aliphatic heterocycles. The molecule has 2 unspecified atom stereocenters. The Morgan fingerprint density at radius 1 is 1.05 bits per heavy atom.